The van der Waals surface area contributed by atoms with E-state index in [-0.39, 0.29) is 11.8 Å². The molecule has 1 aliphatic rings. The van der Waals surface area contributed by atoms with Crippen LogP contribution < -0.4 is 4.74 Å². The van der Waals surface area contributed by atoms with Crippen LogP contribution in [0.2, 0.25) is 0 Å². The predicted octanol–water partition coefficient (Wildman–Crippen LogP) is 2.31. The Balaban J connectivity index is 2.01. The van der Waals surface area contributed by atoms with E-state index < -0.39 is 5.97 Å². The number of hydrogen-bond acceptors (Lipinski definition) is 3. The summed E-state index contributed by atoms with van der Waals surface area (Å²) in [6.07, 6.45) is 2.69. The summed E-state index contributed by atoms with van der Waals surface area (Å²) in [7, 11) is 0. The molecule has 0 saturated heterocycles. The van der Waals surface area contributed by atoms with Crippen LogP contribution in [-0.2, 0) is 15.0 Å². The van der Waals surface area contributed by atoms with E-state index >= 15 is 0 Å². The maximum absolute atomic E-state index is 11.1. The summed E-state index contributed by atoms with van der Waals surface area (Å²) in [4.78, 5) is 11.1. The highest BCUT2D eigenvalue weighted by molar-refractivity contribution is 5.97. The van der Waals surface area contributed by atoms with Crippen LogP contribution in [0.5, 0.6) is 5.75 Å². The second kappa shape index (κ2) is 7.12. The Morgan fingerprint density at radius 3 is 3.00 bits per heavy atom. The molecule has 2 radical (unpaired) electrons. The van der Waals surface area contributed by atoms with Crippen molar-refractivity contribution in [2.75, 3.05) is 13.2 Å². The maximum Gasteiger partial charge on any atom is 0.369 e. The van der Waals surface area contributed by atoms with Gasteiger partial charge >= 0.3 is 22.6 Å². The van der Waals surface area contributed by atoms with Crippen LogP contribution in [0.1, 0.15) is 36.8 Å². The molecule has 0 heterocycles. The van der Waals surface area contributed by atoms with Crippen molar-refractivity contribution in [1.82, 2.24) is 0 Å². The molecule has 20 heavy (non-hydrogen) atoms. The minimum absolute atomic E-state index is 0.127. The van der Waals surface area contributed by atoms with Crippen molar-refractivity contribution in [3.63, 3.8) is 0 Å². The summed E-state index contributed by atoms with van der Waals surface area (Å²) < 4.78 is 10.6. The normalized spacial score (nSPS) is 18.6. The van der Waals surface area contributed by atoms with Gasteiger partial charge in [-0.1, -0.05) is 13.0 Å². The van der Waals surface area contributed by atoms with E-state index in [1.807, 2.05) is 18.2 Å². The monoisotopic (exact) mass is 290 g/mol. The SMILES string of the molecule is C[C@H](C(=O)O)[C@@H]1CCc2cc(OCCC[O][Al])ccc21. The molecule has 0 fully saturated rings. The van der Waals surface area contributed by atoms with E-state index in [4.69, 9.17) is 13.6 Å². The molecule has 4 nitrogen and oxygen atoms in total. The summed E-state index contributed by atoms with van der Waals surface area (Å²) in [5.41, 5.74) is 2.39. The molecule has 0 bridgehead atoms. The van der Waals surface area contributed by atoms with Gasteiger partial charge in [-0.25, -0.2) is 0 Å². The Morgan fingerprint density at radius 1 is 1.50 bits per heavy atom. The van der Waals surface area contributed by atoms with Gasteiger partial charge in [0.05, 0.1) is 12.5 Å². The molecule has 106 valence electrons. The van der Waals surface area contributed by atoms with E-state index in [0.717, 1.165) is 25.0 Å². The molecule has 0 amide bonds. The zero-order valence-corrected chi connectivity index (χ0v) is 12.8. The summed E-state index contributed by atoms with van der Waals surface area (Å²) >= 11 is 2.22. The first-order valence-corrected chi connectivity index (χ1v) is 7.40. The number of aliphatic carboxylic acids is 1. The summed E-state index contributed by atoms with van der Waals surface area (Å²) in [6, 6.07) is 6.01. The number of rotatable bonds is 7. The van der Waals surface area contributed by atoms with Gasteiger partial charge in [0.2, 0.25) is 0 Å². The fourth-order valence-corrected chi connectivity index (χ4v) is 2.91. The third kappa shape index (κ3) is 3.54. The second-order valence-corrected chi connectivity index (χ2v) is 5.54. The molecule has 0 unspecified atom stereocenters. The minimum Gasteiger partial charge on any atom is -0.516 e. The number of benzene rings is 1. The van der Waals surface area contributed by atoms with Crippen LogP contribution in [-0.4, -0.2) is 40.9 Å². The molecule has 5 heteroatoms. The Bertz CT molecular complexity index is 475. The van der Waals surface area contributed by atoms with Gasteiger partial charge < -0.3 is 13.6 Å². The first-order valence-electron chi connectivity index (χ1n) is 6.93. The molecule has 2 rings (SSSR count). The molecule has 0 spiro atoms. The number of carbonyl (C=O) groups is 1. The molecule has 0 aliphatic heterocycles. The third-order valence-electron chi connectivity index (χ3n) is 3.91. The Kier molecular flexibility index (Phi) is 5.48. The number of aryl methyl sites for hydroxylation is 1. The van der Waals surface area contributed by atoms with Crippen LogP contribution >= 0.6 is 0 Å². The van der Waals surface area contributed by atoms with Gasteiger partial charge in [0.25, 0.3) is 0 Å². The zero-order valence-electron chi connectivity index (χ0n) is 11.7. The molecule has 0 saturated carbocycles. The highest BCUT2D eigenvalue weighted by atomic mass is 27.1. The fourth-order valence-electron chi connectivity index (χ4n) is 2.74. The average molecular weight is 290 g/mol. The third-order valence-corrected chi connectivity index (χ3v) is 4.14. The van der Waals surface area contributed by atoms with Gasteiger partial charge in [-0.2, -0.15) is 0 Å². The Labute approximate surface area is 127 Å². The van der Waals surface area contributed by atoms with Crippen molar-refractivity contribution < 1.29 is 18.4 Å². The maximum atomic E-state index is 11.1. The average Bonchev–Trinajstić information content (AvgIpc) is 2.85. The van der Waals surface area contributed by atoms with Crippen LogP contribution in [0.4, 0.5) is 0 Å². The molecule has 1 aromatic carbocycles. The highest BCUT2D eigenvalue weighted by Crippen LogP contribution is 2.39. The fraction of sp³-hybridized carbons (Fsp3) is 0.533. The first-order chi connectivity index (χ1) is 9.63. The highest BCUT2D eigenvalue weighted by Gasteiger charge is 2.31. The molecule has 1 aromatic rings. The molecular weight excluding hydrogens is 271 g/mol. The number of ether oxygens (including phenoxy) is 1. The van der Waals surface area contributed by atoms with Crippen molar-refractivity contribution in [1.29, 1.82) is 0 Å². The van der Waals surface area contributed by atoms with Gasteiger partial charge in [-0.3, -0.25) is 4.79 Å². The number of carboxylic acids is 1. The van der Waals surface area contributed by atoms with Gasteiger partial charge in [0.15, 0.2) is 0 Å². The van der Waals surface area contributed by atoms with E-state index in [2.05, 4.69) is 16.6 Å². The summed E-state index contributed by atoms with van der Waals surface area (Å²) in [5, 5.41) is 9.15. The minimum atomic E-state index is -0.722. The van der Waals surface area contributed by atoms with Gasteiger partial charge in [-0.05, 0) is 42.0 Å². The lowest BCUT2D eigenvalue weighted by molar-refractivity contribution is -0.141. The number of carboxylic acid groups (broad SMARTS) is 1. The van der Waals surface area contributed by atoms with Crippen molar-refractivity contribution in [2.45, 2.75) is 32.1 Å². The lowest BCUT2D eigenvalue weighted by Gasteiger charge is -2.16. The van der Waals surface area contributed by atoms with Crippen molar-refractivity contribution in [3.05, 3.63) is 29.3 Å². The summed E-state index contributed by atoms with van der Waals surface area (Å²) in [5.74, 6) is -0.0685. The predicted molar refractivity (Wildman–Crippen MR) is 76.1 cm³/mol. The smallest absolute Gasteiger partial charge is 0.369 e. The van der Waals surface area contributed by atoms with Gasteiger partial charge in [0, 0.05) is 13.0 Å². The molecule has 2 atom stereocenters. The quantitative estimate of drug-likeness (QED) is 0.618. The lowest BCUT2D eigenvalue weighted by atomic mass is 9.89. The molecule has 1 N–H and O–H groups in total. The van der Waals surface area contributed by atoms with E-state index in [1.165, 1.54) is 11.1 Å². The first kappa shape index (κ1) is 15.4. The zero-order chi connectivity index (χ0) is 14.5. The van der Waals surface area contributed by atoms with E-state index in [0.29, 0.717) is 13.2 Å². The topological polar surface area (TPSA) is 55.8 Å². The van der Waals surface area contributed by atoms with E-state index in [1.54, 1.807) is 6.92 Å². The standard InChI is InChI=1S/C15H19O4.Al/c1-10(15(17)18)13-5-3-11-9-12(4-6-14(11)13)19-8-2-7-16;/h4,6,9-10,13H,2-3,5,7-8H2,1H3,(H,17,18);/q-1;+1/t10-,13-;/m0./s1. The molecular formula is C15H19AlO4. The Hall–Kier alpha value is -1.02. The number of hydrogen-bond donors (Lipinski definition) is 1. The molecule has 0 aromatic heterocycles. The lowest BCUT2D eigenvalue weighted by Crippen LogP contribution is -2.17. The van der Waals surface area contributed by atoms with Crippen molar-refractivity contribution >= 4 is 22.6 Å². The van der Waals surface area contributed by atoms with Crippen LogP contribution in [0.15, 0.2) is 18.2 Å². The van der Waals surface area contributed by atoms with Gasteiger partial charge in [-0.15, -0.1) is 0 Å². The largest absolute Gasteiger partial charge is 0.516 e. The van der Waals surface area contributed by atoms with Crippen molar-refractivity contribution in [3.8, 4) is 5.75 Å². The van der Waals surface area contributed by atoms with Crippen LogP contribution in [0.3, 0.4) is 0 Å². The second-order valence-electron chi connectivity index (χ2n) is 5.21. The van der Waals surface area contributed by atoms with Crippen LogP contribution in [0.25, 0.3) is 0 Å². The van der Waals surface area contributed by atoms with E-state index in [9.17, 15) is 4.79 Å². The Morgan fingerprint density at radius 2 is 2.30 bits per heavy atom. The summed E-state index contributed by atoms with van der Waals surface area (Å²) in [6.45, 7) is 3.07. The van der Waals surface area contributed by atoms with Crippen LogP contribution in [0, 0.1) is 5.92 Å². The van der Waals surface area contributed by atoms with Gasteiger partial charge in [0.1, 0.15) is 5.75 Å². The molecule has 1 aliphatic carbocycles. The van der Waals surface area contributed by atoms with Crippen molar-refractivity contribution in [2.24, 2.45) is 5.92 Å². The number of fused-ring (bicyclic) bond motifs is 1.